The monoisotopic (exact) mass is 414 g/mol. The first kappa shape index (κ1) is 19.4. The molecule has 0 radical (unpaired) electrons. The zero-order chi connectivity index (χ0) is 20.6. The number of carbonyl (C=O) groups excluding carboxylic acids is 1. The third kappa shape index (κ3) is 4.27. The SMILES string of the molecule is CC(C)(C)OC(=O)N1CCN(c2ccc(-c3cc4c(Cl)ncnc4[nH]3)cn2)CC1. The first-order valence-corrected chi connectivity index (χ1v) is 9.86. The predicted molar refractivity (Wildman–Crippen MR) is 112 cm³/mol. The zero-order valence-corrected chi connectivity index (χ0v) is 17.4. The second-order valence-electron chi connectivity index (χ2n) is 7.97. The predicted octanol–water partition coefficient (Wildman–Crippen LogP) is 3.73. The van der Waals surface area contributed by atoms with Gasteiger partial charge < -0.3 is 19.5 Å². The number of amides is 1. The number of nitrogens with zero attached hydrogens (tertiary/aromatic N) is 5. The van der Waals surface area contributed by atoms with E-state index in [-0.39, 0.29) is 6.09 Å². The lowest BCUT2D eigenvalue weighted by atomic mass is 10.2. The second kappa shape index (κ2) is 7.51. The van der Waals surface area contributed by atoms with Gasteiger partial charge in [0.1, 0.15) is 28.5 Å². The number of hydrogen-bond donors (Lipinski definition) is 1. The van der Waals surface area contributed by atoms with E-state index in [1.165, 1.54) is 6.33 Å². The van der Waals surface area contributed by atoms with Crippen LogP contribution < -0.4 is 4.90 Å². The molecule has 152 valence electrons. The largest absolute Gasteiger partial charge is 0.444 e. The van der Waals surface area contributed by atoms with Crippen LogP contribution in [0.3, 0.4) is 0 Å². The number of fused-ring (bicyclic) bond motifs is 1. The quantitative estimate of drug-likeness (QED) is 0.643. The van der Waals surface area contributed by atoms with E-state index >= 15 is 0 Å². The van der Waals surface area contributed by atoms with Gasteiger partial charge in [-0.25, -0.2) is 19.7 Å². The number of ether oxygens (including phenoxy) is 1. The smallest absolute Gasteiger partial charge is 0.410 e. The molecule has 0 bridgehead atoms. The summed E-state index contributed by atoms with van der Waals surface area (Å²) in [5.74, 6) is 0.881. The fourth-order valence-corrected chi connectivity index (χ4v) is 3.43. The Hall–Kier alpha value is -2.87. The molecule has 1 N–H and O–H groups in total. The topological polar surface area (TPSA) is 87.2 Å². The molecule has 0 aromatic carbocycles. The Morgan fingerprint density at radius 1 is 1.14 bits per heavy atom. The molecule has 0 atom stereocenters. The van der Waals surface area contributed by atoms with Crippen molar-refractivity contribution in [2.45, 2.75) is 26.4 Å². The van der Waals surface area contributed by atoms with Gasteiger partial charge in [-0.1, -0.05) is 11.6 Å². The van der Waals surface area contributed by atoms with Gasteiger partial charge in [0.2, 0.25) is 0 Å². The van der Waals surface area contributed by atoms with Crippen LogP contribution in [0, 0.1) is 0 Å². The highest BCUT2D eigenvalue weighted by atomic mass is 35.5. The molecule has 1 fully saturated rings. The lowest BCUT2D eigenvalue weighted by Gasteiger charge is -2.36. The van der Waals surface area contributed by atoms with Crippen LogP contribution in [0.2, 0.25) is 5.15 Å². The van der Waals surface area contributed by atoms with Crippen molar-refractivity contribution < 1.29 is 9.53 Å². The van der Waals surface area contributed by atoms with Gasteiger partial charge in [-0.15, -0.1) is 0 Å². The van der Waals surface area contributed by atoms with E-state index in [9.17, 15) is 4.79 Å². The van der Waals surface area contributed by atoms with Crippen LogP contribution in [0.1, 0.15) is 20.8 Å². The maximum absolute atomic E-state index is 12.2. The van der Waals surface area contributed by atoms with E-state index in [4.69, 9.17) is 16.3 Å². The molecule has 1 aliphatic heterocycles. The van der Waals surface area contributed by atoms with Crippen LogP contribution >= 0.6 is 11.6 Å². The van der Waals surface area contributed by atoms with Crippen LogP contribution in [0.5, 0.6) is 0 Å². The zero-order valence-electron chi connectivity index (χ0n) is 16.6. The lowest BCUT2D eigenvalue weighted by molar-refractivity contribution is 0.0240. The van der Waals surface area contributed by atoms with Crippen LogP contribution in [-0.4, -0.2) is 62.7 Å². The molecule has 1 aliphatic rings. The first-order valence-electron chi connectivity index (χ1n) is 9.49. The molecule has 4 rings (SSSR count). The molecule has 29 heavy (non-hydrogen) atoms. The van der Waals surface area contributed by atoms with Gasteiger partial charge in [0.15, 0.2) is 0 Å². The number of aromatic nitrogens is 4. The van der Waals surface area contributed by atoms with Gasteiger partial charge in [0.05, 0.1) is 5.39 Å². The summed E-state index contributed by atoms with van der Waals surface area (Å²) in [6.07, 6.45) is 2.99. The summed E-state index contributed by atoms with van der Waals surface area (Å²) >= 11 is 6.12. The molecule has 8 nitrogen and oxygen atoms in total. The number of rotatable bonds is 2. The summed E-state index contributed by atoms with van der Waals surface area (Å²) < 4.78 is 5.45. The summed E-state index contributed by atoms with van der Waals surface area (Å²) in [6, 6.07) is 5.92. The molecule has 9 heteroatoms. The van der Waals surface area contributed by atoms with Crippen molar-refractivity contribution in [3.05, 3.63) is 35.9 Å². The number of aromatic amines is 1. The summed E-state index contributed by atoms with van der Waals surface area (Å²) in [4.78, 5) is 32.2. The van der Waals surface area contributed by atoms with E-state index < -0.39 is 5.60 Å². The molecule has 3 aromatic heterocycles. The van der Waals surface area contributed by atoms with Crippen molar-refractivity contribution in [1.29, 1.82) is 0 Å². The number of H-pyrrole nitrogens is 1. The van der Waals surface area contributed by atoms with Crippen LogP contribution in [0.4, 0.5) is 10.6 Å². The van der Waals surface area contributed by atoms with Gasteiger partial charge in [-0.3, -0.25) is 0 Å². The highest BCUT2D eigenvalue weighted by molar-refractivity contribution is 6.34. The van der Waals surface area contributed by atoms with Crippen molar-refractivity contribution in [3.63, 3.8) is 0 Å². The molecule has 0 aliphatic carbocycles. The van der Waals surface area contributed by atoms with Gasteiger partial charge in [0.25, 0.3) is 0 Å². The standard InChI is InChI=1S/C20H23ClN6O2/c1-20(2,3)29-19(28)27-8-6-26(7-9-27)16-5-4-13(11-22-16)15-10-14-17(21)23-12-24-18(14)25-15/h4-5,10-12H,6-9H2,1-3H3,(H,23,24,25). The number of anilines is 1. The average molecular weight is 415 g/mol. The number of carbonyl (C=O) groups is 1. The Morgan fingerprint density at radius 3 is 2.52 bits per heavy atom. The second-order valence-corrected chi connectivity index (χ2v) is 8.33. The van der Waals surface area contributed by atoms with Crippen molar-refractivity contribution in [3.8, 4) is 11.3 Å². The summed E-state index contributed by atoms with van der Waals surface area (Å²) in [7, 11) is 0. The highest BCUT2D eigenvalue weighted by Gasteiger charge is 2.26. The fourth-order valence-electron chi connectivity index (χ4n) is 3.24. The third-order valence-corrected chi connectivity index (χ3v) is 4.99. The molecule has 0 unspecified atom stereocenters. The number of piperazine rings is 1. The molecule has 4 heterocycles. The summed E-state index contributed by atoms with van der Waals surface area (Å²) in [6.45, 7) is 8.27. The molecule has 3 aromatic rings. The van der Waals surface area contributed by atoms with E-state index in [1.807, 2.05) is 45.2 Å². The Kier molecular flexibility index (Phi) is 5.04. The van der Waals surface area contributed by atoms with E-state index in [2.05, 4.69) is 24.8 Å². The number of halogens is 1. The molecule has 1 saturated heterocycles. The number of pyridine rings is 1. The number of hydrogen-bond acceptors (Lipinski definition) is 6. The number of nitrogens with one attached hydrogen (secondary N) is 1. The highest BCUT2D eigenvalue weighted by Crippen LogP contribution is 2.27. The van der Waals surface area contributed by atoms with E-state index in [0.29, 0.717) is 37.0 Å². The average Bonchev–Trinajstić information content (AvgIpc) is 3.13. The fraction of sp³-hybridized carbons (Fsp3) is 0.400. The van der Waals surface area contributed by atoms with Gasteiger partial charge in [0, 0.05) is 43.6 Å². The van der Waals surface area contributed by atoms with Crippen molar-refractivity contribution in [2.75, 3.05) is 31.1 Å². The van der Waals surface area contributed by atoms with Crippen LogP contribution in [0.25, 0.3) is 22.3 Å². The third-order valence-electron chi connectivity index (χ3n) is 4.69. The Bertz CT molecular complexity index is 1020. The van der Waals surface area contributed by atoms with Gasteiger partial charge in [-0.2, -0.15) is 0 Å². The summed E-state index contributed by atoms with van der Waals surface area (Å²) in [5, 5.41) is 1.21. The minimum atomic E-state index is -0.482. The van der Waals surface area contributed by atoms with Crippen molar-refractivity contribution in [2.24, 2.45) is 0 Å². The Balaban J connectivity index is 1.42. The Morgan fingerprint density at radius 2 is 1.90 bits per heavy atom. The lowest BCUT2D eigenvalue weighted by Crippen LogP contribution is -2.50. The minimum Gasteiger partial charge on any atom is -0.444 e. The Labute approximate surface area is 173 Å². The normalized spacial score (nSPS) is 15.0. The van der Waals surface area contributed by atoms with Gasteiger partial charge >= 0.3 is 6.09 Å². The van der Waals surface area contributed by atoms with Crippen molar-refractivity contribution >= 4 is 34.5 Å². The van der Waals surface area contributed by atoms with Crippen LogP contribution in [-0.2, 0) is 4.74 Å². The molecule has 1 amide bonds. The minimum absolute atomic E-state index is 0.263. The molecule has 0 spiro atoms. The van der Waals surface area contributed by atoms with Crippen LogP contribution in [0.15, 0.2) is 30.7 Å². The molecular weight excluding hydrogens is 392 g/mol. The summed E-state index contributed by atoms with van der Waals surface area (Å²) in [5.41, 5.74) is 2.04. The molecular formula is C20H23ClN6O2. The maximum Gasteiger partial charge on any atom is 0.410 e. The van der Waals surface area contributed by atoms with E-state index in [1.54, 1.807) is 4.90 Å². The van der Waals surface area contributed by atoms with Gasteiger partial charge in [-0.05, 0) is 39.0 Å². The van der Waals surface area contributed by atoms with Crippen molar-refractivity contribution in [1.82, 2.24) is 24.8 Å². The van der Waals surface area contributed by atoms with E-state index in [0.717, 1.165) is 22.5 Å². The maximum atomic E-state index is 12.2. The molecule has 0 saturated carbocycles. The first-order chi connectivity index (χ1) is 13.8.